The minimum absolute atomic E-state index is 0.0578. The number of hydrogen-bond donors (Lipinski definition) is 1. The molecule has 0 unspecified atom stereocenters. The number of thiophene rings is 1. The topological polar surface area (TPSA) is 84.3 Å². The second-order valence-corrected chi connectivity index (χ2v) is 7.52. The van der Waals surface area contributed by atoms with Gasteiger partial charge < -0.3 is 14.8 Å². The molecule has 0 aliphatic carbocycles. The normalized spacial score (nSPS) is 14.1. The number of benzene rings is 1. The Balaban J connectivity index is 1.71. The largest absolute Gasteiger partial charge is 0.319 e. The minimum Gasteiger partial charge on any atom is -0.319 e. The molecule has 1 fully saturated rings. The van der Waals surface area contributed by atoms with E-state index in [0.29, 0.717) is 45.0 Å². The van der Waals surface area contributed by atoms with Crippen LogP contribution in [0.1, 0.15) is 28.1 Å². The molecule has 3 aromatic rings. The second kappa shape index (κ2) is 6.62. The van der Waals surface area contributed by atoms with Gasteiger partial charge in [-0.25, -0.2) is 4.98 Å². The number of aryl methyl sites for hydroxylation is 2. The van der Waals surface area contributed by atoms with E-state index in [1.54, 1.807) is 24.9 Å². The molecule has 0 radical (unpaired) electrons. The van der Waals surface area contributed by atoms with E-state index in [0.717, 1.165) is 6.42 Å². The van der Waals surface area contributed by atoms with Crippen molar-refractivity contribution in [3.63, 3.8) is 0 Å². The van der Waals surface area contributed by atoms with Gasteiger partial charge in [0.2, 0.25) is 5.91 Å². The maximum atomic E-state index is 12.9. The number of hydrogen-bond acceptors (Lipinski definition) is 5. The highest BCUT2D eigenvalue weighted by Crippen LogP contribution is 2.32. The third-order valence-electron chi connectivity index (χ3n) is 4.73. The number of amides is 2. The number of nitrogens with zero attached hydrogens (tertiary/aromatic N) is 3. The van der Waals surface area contributed by atoms with Gasteiger partial charge in [-0.1, -0.05) is 12.1 Å². The lowest BCUT2D eigenvalue weighted by Gasteiger charge is -2.19. The maximum Gasteiger partial charge on any atom is 0.266 e. The first-order valence-electron chi connectivity index (χ1n) is 8.63. The zero-order chi connectivity index (χ0) is 19.1. The van der Waals surface area contributed by atoms with Crippen molar-refractivity contribution in [1.82, 2.24) is 9.55 Å². The van der Waals surface area contributed by atoms with E-state index in [4.69, 9.17) is 0 Å². The summed E-state index contributed by atoms with van der Waals surface area (Å²) < 4.78 is 1.40. The molecule has 1 saturated heterocycles. The van der Waals surface area contributed by atoms with Crippen LogP contribution in [0.4, 0.5) is 11.4 Å². The van der Waals surface area contributed by atoms with Crippen LogP contribution in [0.3, 0.4) is 0 Å². The van der Waals surface area contributed by atoms with Crippen molar-refractivity contribution < 1.29 is 9.59 Å². The van der Waals surface area contributed by atoms with Gasteiger partial charge in [0.25, 0.3) is 11.5 Å². The average molecular weight is 382 g/mol. The lowest BCUT2D eigenvalue weighted by atomic mass is 10.2. The van der Waals surface area contributed by atoms with Crippen molar-refractivity contribution in [2.45, 2.75) is 19.8 Å². The maximum absolute atomic E-state index is 12.9. The minimum atomic E-state index is -0.309. The SMILES string of the molecule is Cc1c(C(=O)Nc2ccccc2N2CCCC2=O)sc2ncn(C)c(=O)c12. The number of carbonyl (C=O) groups excluding carboxylic acids is 2. The fourth-order valence-corrected chi connectivity index (χ4v) is 4.36. The van der Waals surface area contributed by atoms with Crippen molar-refractivity contribution in [2.24, 2.45) is 7.05 Å². The molecular formula is C19H18N4O3S. The smallest absolute Gasteiger partial charge is 0.266 e. The Morgan fingerprint density at radius 1 is 1.26 bits per heavy atom. The number of fused-ring (bicyclic) bond motifs is 1. The zero-order valence-electron chi connectivity index (χ0n) is 15.0. The molecule has 4 rings (SSSR count). The van der Waals surface area contributed by atoms with Crippen molar-refractivity contribution in [3.8, 4) is 0 Å². The number of carbonyl (C=O) groups is 2. The second-order valence-electron chi connectivity index (χ2n) is 6.52. The molecule has 0 atom stereocenters. The summed E-state index contributed by atoms with van der Waals surface area (Å²) in [5.41, 5.74) is 1.73. The van der Waals surface area contributed by atoms with E-state index in [1.165, 1.54) is 22.2 Å². The average Bonchev–Trinajstić information content (AvgIpc) is 3.22. The summed E-state index contributed by atoms with van der Waals surface area (Å²) >= 11 is 1.20. The molecule has 1 aliphatic heterocycles. The van der Waals surface area contributed by atoms with Gasteiger partial charge in [0.1, 0.15) is 4.83 Å². The highest BCUT2D eigenvalue weighted by Gasteiger charge is 2.25. The van der Waals surface area contributed by atoms with Crippen molar-refractivity contribution in [3.05, 3.63) is 51.4 Å². The molecule has 2 aromatic heterocycles. The molecule has 3 heterocycles. The van der Waals surface area contributed by atoms with E-state index < -0.39 is 0 Å². The van der Waals surface area contributed by atoms with E-state index in [1.807, 2.05) is 18.2 Å². The highest BCUT2D eigenvalue weighted by atomic mass is 32.1. The molecule has 0 bridgehead atoms. The standard InChI is InChI=1S/C19H18N4O3S/c1-11-15-18(20-10-22(2)19(15)26)27-16(11)17(25)21-12-6-3-4-7-13(12)23-9-5-8-14(23)24/h3-4,6-7,10H,5,8-9H2,1-2H3,(H,21,25). The molecule has 27 heavy (non-hydrogen) atoms. The van der Waals surface area contributed by atoms with Crippen LogP contribution in [0.25, 0.3) is 10.2 Å². The molecule has 138 valence electrons. The third kappa shape index (κ3) is 2.91. The van der Waals surface area contributed by atoms with E-state index in [-0.39, 0.29) is 17.4 Å². The number of para-hydroxylation sites is 2. The van der Waals surface area contributed by atoms with Gasteiger partial charge in [-0.3, -0.25) is 14.4 Å². The lowest BCUT2D eigenvalue weighted by Crippen LogP contribution is -2.25. The Morgan fingerprint density at radius 2 is 2.04 bits per heavy atom. The Morgan fingerprint density at radius 3 is 2.78 bits per heavy atom. The zero-order valence-corrected chi connectivity index (χ0v) is 15.8. The molecule has 1 aromatic carbocycles. The predicted octanol–water partition coefficient (Wildman–Crippen LogP) is 2.68. The Bertz CT molecular complexity index is 1130. The Kier molecular flexibility index (Phi) is 4.27. The van der Waals surface area contributed by atoms with Crippen molar-refractivity contribution in [2.75, 3.05) is 16.8 Å². The predicted molar refractivity (Wildman–Crippen MR) is 106 cm³/mol. The van der Waals surface area contributed by atoms with Gasteiger partial charge in [0.15, 0.2) is 0 Å². The van der Waals surface area contributed by atoms with Crippen LogP contribution in [-0.4, -0.2) is 27.9 Å². The summed E-state index contributed by atoms with van der Waals surface area (Å²) in [6.07, 6.45) is 2.79. The van der Waals surface area contributed by atoms with Gasteiger partial charge in [-0.15, -0.1) is 11.3 Å². The highest BCUT2D eigenvalue weighted by molar-refractivity contribution is 7.20. The summed E-state index contributed by atoms with van der Waals surface area (Å²) in [4.78, 5) is 44.3. The number of anilines is 2. The molecule has 0 spiro atoms. The fraction of sp³-hybridized carbons (Fsp3) is 0.263. The fourth-order valence-electron chi connectivity index (χ4n) is 3.32. The van der Waals surface area contributed by atoms with E-state index in [9.17, 15) is 14.4 Å². The molecule has 0 saturated carbocycles. The van der Waals surface area contributed by atoms with Crippen LogP contribution in [0.15, 0.2) is 35.4 Å². The number of aromatic nitrogens is 2. The molecule has 8 heteroatoms. The van der Waals surface area contributed by atoms with Crippen LogP contribution in [-0.2, 0) is 11.8 Å². The third-order valence-corrected chi connectivity index (χ3v) is 5.93. The van der Waals surface area contributed by atoms with Gasteiger partial charge in [-0.05, 0) is 31.0 Å². The lowest BCUT2D eigenvalue weighted by molar-refractivity contribution is -0.117. The first kappa shape index (κ1) is 17.4. The summed E-state index contributed by atoms with van der Waals surface area (Å²) in [6, 6.07) is 7.26. The van der Waals surface area contributed by atoms with Crippen molar-refractivity contribution in [1.29, 1.82) is 0 Å². The molecule has 1 aliphatic rings. The molecule has 7 nitrogen and oxygen atoms in total. The van der Waals surface area contributed by atoms with Gasteiger partial charge >= 0.3 is 0 Å². The monoisotopic (exact) mass is 382 g/mol. The Labute approximate surface area is 159 Å². The van der Waals surface area contributed by atoms with E-state index in [2.05, 4.69) is 10.3 Å². The Hall–Kier alpha value is -3.00. The molecule has 2 amide bonds. The van der Waals surface area contributed by atoms with Crippen LogP contribution in [0, 0.1) is 6.92 Å². The first-order valence-corrected chi connectivity index (χ1v) is 9.44. The van der Waals surface area contributed by atoms with Crippen LogP contribution >= 0.6 is 11.3 Å². The summed E-state index contributed by atoms with van der Waals surface area (Å²) in [5, 5.41) is 3.37. The summed E-state index contributed by atoms with van der Waals surface area (Å²) in [7, 11) is 1.63. The van der Waals surface area contributed by atoms with Gasteiger partial charge in [0, 0.05) is 20.0 Å². The number of rotatable bonds is 3. The van der Waals surface area contributed by atoms with Crippen LogP contribution in [0.2, 0.25) is 0 Å². The van der Waals surface area contributed by atoms with Crippen LogP contribution in [0.5, 0.6) is 0 Å². The molecular weight excluding hydrogens is 364 g/mol. The van der Waals surface area contributed by atoms with E-state index >= 15 is 0 Å². The van der Waals surface area contributed by atoms with Crippen molar-refractivity contribution >= 4 is 44.7 Å². The van der Waals surface area contributed by atoms with Gasteiger partial charge in [-0.2, -0.15) is 0 Å². The number of nitrogens with one attached hydrogen (secondary N) is 1. The first-order chi connectivity index (χ1) is 13.0. The summed E-state index contributed by atoms with van der Waals surface area (Å²) in [5.74, 6) is -0.251. The quantitative estimate of drug-likeness (QED) is 0.755. The molecule has 1 N–H and O–H groups in total. The summed E-state index contributed by atoms with van der Waals surface area (Å²) in [6.45, 7) is 2.40. The van der Waals surface area contributed by atoms with Gasteiger partial charge in [0.05, 0.1) is 28.0 Å². The van der Waals surface area contributed by atoms with Crippen LogP contribution < -0.4 is 15.8 Å².